The van der Waals surface area contributed by atoms with Gasteiger partial charge in [0.1, 0.15) is 0 Å². The average Bonchev–Trinajstić information content (AvgIpc) is 2.66. The summed E-state index contributed by atoms with van der Waals surface area (Å²) < 4.78 is 4.83. The number of aliphatic hydroxyl groups is 1. The van der Waals surface area contributed by atoms with Gasteiger partial charge in [0.05, 0.1) is 18.2 Å². The molecule has 4 nitrogen and oxygen atoms in total. The lowest BCUT2D eigenvalue weighted by Gasteiger charge is -2.06. The first-order chi connectivity index (χ1) is 6.24. The molecule has 0 spiro atoms. The predicted molar refractivity (Wildman–Crippen MR) is 47.8 cm³/mol. The monoisotopic (exact) mass is 203 g/mol. The summed E-state index contributed by atoms with van der Waals surface area (Å²) in [6, 6.07) is 3.16. The van der Waals surface area contributed by atoms with Crippen molar-refractivity contribution in [2.75, 3.05) is 12.4 Å². The van der Waals surface area contributed by atoms with Gasteiger partial charge < -0.3 is 14.8 Å². The summed E-state index contributed by atoms with van der Waals surface area (Å²) in [5, 5.41) is 11.5. The molecular weight excluding hydrogens is 194 g/mol. The minimum Gasteiger partial charge on any atom is -0.459 e. The SMILES string of the molecule is O=C(NCC(O)CCl)c1ccco1. The maximum atomic E-state index is 11.2. The first kappa shape index (κ1) is 10.1. The zero-order valence-corrected chi connectivity index (χ0v) is 7.62. The molecule has 1 rings (SSSR count). The first-order valence-corrected chi connectivity index (χ1v) is 4.33. The molecule has 1 aromatic rings. The third kappa shape index (κ3) is 3.08. The van der Waals surface area contributed by atoms with Gasteiger partial charge in [-0.05, 0) is 12.1 Å². The molecule has 0 aliphatic rings. The van der Waals surface area contributed by atoms with Crippen LogP contribution in [0.2, 0.25) is 0 Å². The fourth-order valence-electron chi connectivity index (χ4n) is 0.760. The zero-order valence-electron chi connectivity index (χ0n) is 6.87. The van der Waals surface area contributed by atoms with E-state index in [1.165, 1.54) is 6.26 Å². The highest BCUT2D eigenvalue weighted by molar-refractivity contribution is 6.18. The van der Waals surface area contributed by atoms with Gasteiger partial charge in [0.15, 0.2) is 5.76 Å². The van der Waals surface area contributed by atoms with Gasteiger partial charge in [-0.1, -0.05) is 0 Å². The van der Waals surface area contributed by atoms with Crippen molar-refractivity contribution in [1.82, 2.24) is 5.32 Å². The summed E-state index contributed by atoms with van der Waals surface area (Å²) in [5.74, 6) is -0.0331. The number of rotatable bonds is 4. The second-order valence-corrected chi connectivity index (χ2v) is 2.80. The summed E-state index contributed by atoms with van der Waals surface area (Å²) in [6.07, 6.45) is 0.688. The molecule has 72 valence electrons. The lowest BCUT2D eigenvalue weighted by atomic mass is 10.3. The highest BCUT2D eigenvalue weighted by Gasteiger charge is 2.09. The van der Waals surface area contributed by atoms with Crippen LogP contribution in [0.15, 0.2) is 22.8 Å². The molecule has 5 heteroatoms. The first-order valence-electron chi connectivity index (χ1n) is 3.79. The number of hydrogen-bond donors (Lipinski definition) is 2. The summed E-state index contributed by atoms with van der Waals surface area (Å²) >= 11 is 5.34. The molecule has 0 aliphatic carbocycles. The number of halogens is 1. The van der Waals surface area contributed by atoms with E-state index in [1.807, 2.05) is 0 Å². The Balaban J connectivity index is 2.35. The van der Waals surface area contributed by atoms with Crippen molar-refractivity contribution < 1.29 is 14.3 Å². The Morgan fingerprint density at radius 3 is 3.08 bits per heavy atom. The zero-order chi connectivity index (χ0) is 9.68. The molecule has 0 bridgehead atoms. The van der Waals surface area contributed by atoms with Gasteiger partial charge in [-0.25, -0.2) is 0 Å². The number of furan rings is 1. The van der Waals surface area contributed by atoms with Crippen LogP contribution in [-0.2, 0) is 0 Å². The van der Waals surface area contributed by atoms with Crippen molar-refractivity contribution in [2.24, 2.45) is 0 Å². The van der Waals surface area contributed by atoms with Crippen LogP contribution >= 0.6 is 11.6 Å². The summed E-state index contributed by atoms with van der Waals surface area (Å²) in [5.41, 5.74) is 0. The Hall–Kier alpha value is -1.00. The molecule has 0 aromatic carbocycles. The predicted octanol–water partition coefficient (Wildman–Crippen LogP) is 0.609. The highest BCUT2D eigenvalue weighted by Crippen LogP contribution is 1.98. The molecule has 13 heavy (non-hydrogen) atoms. The second-order valence-electron chi connectivity index (χ2n) is 2.50. The molecule has 1 heterocycles. The molecule has 1 atom stereocenters. The van der Waals surface area contributed by atoms with E-state index >= 15 is 0 Å². The van der Waals surface area contributed by atoms with Crippen molar-refractivity contribution in [1.29, 1.82) is 0 Å². The number of hydrogen-bond acceptors (Lipinski definition) is 3. The molecule has 1 aromatic heterocycles. The van der Waals surface area contributed by atoms with Crippen LogP contribution in [0, 0.1) is 0 Å². The Morgan fingerprint density at radius 1 is 1.77 bits per heavy atom. The van der Waals surface area contributed by atoms with Crippen LogP contribution in [0.4, 0.5) is 0 Å². The molecule has 2 N–H and O–H groups in total. The Labute approximate surface area is 80.5 Å². The molecular formula is C8H10ClNO3. The van der Waals surface area contributed by atoms with Gasteiger partial charge in [-0.15, -0.1) is 11.6 Å². The fraction of sp³-hybridized carbons (Fsp3) is 0.375. The van der Waals surface area contributed by atoms with E-state index in [9.17, 15) is 4.79 Å². The molecule has 1 unspecified atom stereocenters. The molecule has 0 radical (unpaired) electrons. The quantitative estimate of drug-likeness (QED) is 0.705. The van der Waals surface area contributed by atoms with Gasteiger partial charge in [-0.3, -0.25) is 4.79 Å². The largest absolute Gasteiger partial charge is 0.459 e. The van der Waals surface area contributed by atoms with E-state index in [4.69, 9.17) is 21.1 Å². The van der Waals surface area contributed by atoms with Crippen LogP contribution in [0.1, 0.15) is 10.6 Å². The van der Waals surface area contributed by atoms with Gasteiger partial charge >= 0.3 is 0 Å². The fourth-order valence-corrected chi connectivity index (χ4v) is 0.869. The Kier molecular flexibility index (Phi) is 3.79. The maximum Gasteiger partial charge on any atom is 0.287 e. The third-order valence-corrected chi connectivity index (χ3v) is 1.78. The summed E-state index contributed by atoms with van der Waals surface area (Å²) in [6.45, 7) is 0.128. The number of carbonyl (C=O) groups is 1. The maximum absolute atomic E-state index is 11.2. The summed E-state index contributed by atoms with van der Waals surface area (Å²) in [7, 11) is 0. The van der Waals surface area contributed by atoms with Crippen molar-refractivity contribution in [3.05, 3.63) is 24.2 Å². The van der Waals surface area contributed by atoms with E-state index in [0.29, 0.717) is 0 Å². The number of nitrogens with one attached hydrogen (secondary N) is 1. The summed E-state index contributed by atoms with van der Waals surface area (Å²) in [4.78, 5) is 11.2. The molecule has 0 saturated carbocycles. The van der Waals surface area contributed by atoms with E-state index in [1.54, 1.807) is 12.1 Å². The Bertz CT molecular complexity index is 260. The van der Waals surface area contributed by atoms with Gasteiger partial charge in [-0.2, -0.15) is 0 Å². The lowest BCUT2D eigenvalue weighted by molar-refractivity contribution is 0.0898. The van der Waals surface area contributed by atoms with Crippen molar-refractivity contribution >= 4 is 17.5 Å². The van der Waals surface area contributed by atoms with Crippen LogP contribution < -0.4 is 5.32 Å². The topological polar surface area (TPSA) is 62.5 Å². The van der Waals surface area contributed by atoms with Crippen LogP contribution in [0.3, 0.4) is 0 Å². The van der Waals surface area contributed by atoms with Gasteiger partial charge in [0, 0.05) is 6.54 Å². The molecule has 0 aliphatic heterocycles. The van der Waals surface area contributed by atoms with Gasteiger partial charge in [0.25, 0.3) is 5.91 Å². The number of aliphatic hydroxyl groups excluding tert-OH is 1. The number of alkyl halides is 1. The number of carbonyl (C=O) groups excluding carboxylic acids is 1. The smallest absolute Gasteiger partial charge is 0.287 e. The van der Waals surface area contributed by atoms with E-state index in [-0.39, 0.29) is 24.1 Å². The lowest BCUT2D eigenvalue weighted by Crippen LogP contribution is -2.32. The van der Waals surface area contributed by atoms with Crippen LogP contribution in [0.5, 0.6) is 0 Å². The highest BCUT2D eigenvalue weighted by atomic mass is 35.5. The van der Waals surface area contributed by atoms with Crippen LogP contribution in [0.25, 0.3) is 0 Å². The number of amides is 1. The Morgan fingerprint density at radius 2 is 2.54 bits per heavy atom. The molecule has 0 fully saturated rings. The molecule has 1 amide bonds. The standard InChI is InChI=1S/C8H10ClNO3/c9-4-6(11)5-10-8(12)7-2-1-3-13-7/h1-3,6,11H,4-5H2,(H,10,12). The third-order valence-electron chi connectivity index (χ3n) is 1.42. The minimum atomic E-state index is -0.722. The van der Waals surface area contributed by atoms with Crippen molar-refractivity contribution in [2.45, 2.75) is 6.10 Å². The van der Waals surface area contributed by atoms with Crippen molar-refractivity contribution in [3.63, 3.8) is 0 Å². The van der Waals surface area contributed by atoms with Crippen molar-refractivity contribution in [3.8, 4) is 0 Å². The van der Waals surface area contributed by atoms with E-state index < -0.39 is 6.10 Å². The average molecular weight is 204 g/mol. The van der Waals surface area contributed by atoms with Gasteiger partial charge in [0.2, 0.25) is 0 Å². The second kappa shape index (κ2) is 4.89. The minimum absolute atomic E-state index is 0.0957. The van der Waals surface area contributed by atoms with E-state index in [0.717, 1.165) is 0 Å². The molecule has 0 saturated heterocycles. The van der Waals surface area contributed by atoms with E-state index in [2.05, 4.69) is 5.32 Å². The van der Waals surface area contributed by atoms with Crippen LogP contribution in [-0.4, -0.2) is 29.5 Å². The normalized spacial score (nSPS) is 12.5.